The first-order valence-corrected chi connectivity index (χ1v) is 8.49. The first-order chi connectivity index (χ1) is 11.1. The Morgan fingerprint density at radius 3 is 2.83 bits per heavy atom. The van der Waals surface area contributed by atoms with E-state index in [0.717, 1.165) is 45.4 Å². The summed E-state index contributed by atoms with van der Waals surface area (Å²) < 4.78 is 1.56. The minimum atomic E-state index is -0.408. The average molecular weight is 322 g/mol. The molecule has 1 N–H and O–H groups in total. The second kappa shape index (κ2) is 6.92. The molecule has 1 aromatic rings. The summed E-state index contributed by atoms with van der Waals surface area (Å²) in [5.41, 5.74) is 0.0911. The number of rotatable bonds is 4. The molecule has 0 radical (unpaired) electrons. The molecule has 2 aliphatic heterocycles. The van der Waals surface area contributed by atoms with Crippen molar-refractivity contribution >= 4 is 5.91 Å². The maximum absolute atomic E-state index is 12.5. The summed E-state index contributed by atoms with van der Waals surface area (Å²) in [5, 5.41) is 21.2. The number of nitrogens with zero attached hydrogens (tertiary/aromatic N) is 6. The van der Waals surface area contributed by atoms with Crippen LogP contribution in [0.1, 0.15) is 32.6 Å². The van der Waals surface area contributed by atoms with Crippen LogP contribution in [0, 0.1) is 5.41 Å². The lowest BCUT2D eigenvalue weighted by Gasteiger charge is -2.49. The molecule has 0 bridgehead atoms. The Bertz CT molecular complexity index is 512. The van der Waals surface area contributed by atoms with Gasteiger partial charge in [-0.15, -0.1) is 5.10 Å². The van der Waals surface area contributed by atoms with Crippen LogP contribution >= 0.6 is 0 Å². The van der Waals surface area contributed by atoms with Crippen LogP contribution in [0.3, 0.4) is 0 Å². The molecule has 0 aromatic carbocycles. The lowest BCUT2D eigenvalue weighted by molar-refractivity contribution is -0.140. The van der Waals surface area contributed by atoms with Gasteiger partial charge in [-0.1, -0.05) is 6.92 Å². The van der Waals surface area contributed by atoms with Crippen LogP contribution in [0.4, 0.5) is 0 Å². The number of tetrazole rings is 1. The Morgan fingerprint density at radius 1 is 1.39 bits per heavy atom. The molecule has 3 rings (SSSR count). The zero-order valence-electron chi connectivity index (χ0n) is 13.8. The van der Waals surface area contributed by atoms with E-state index in [1.54, 1.807) is 4.68 Å². The Labute approximate surface area is 136 Å². The lowest BCUT2D eigenvalue weighted by atomic mass is 9.71. The van der Waals surface area contributed by atoms with Crippen LogP contribution in [0.15, 0.2) is 6.33 Å². The van der Waals surface area contributed by atoms with Gasteiger partial charge < -0.3 is 14.9 Å². The molecule has 128 valence electrons. The standard InChI is InChI=1S/C15H26N6O2/c1-2-19-7-4-15(5-8-19)9-13(22)10-20(11-15)14(23)3-6-21-12-16-17-18-21/h12-13,22H,2-11H2,1H3. The molecule has 1 atom stereocenters. The van der Waals surface area contributed by atoms with Crippen LogP contribution in [0.2, 0.25) is 0 Å². The van der Waals surface area contributed by atoms with Crippen molar-refractivity contribution in [1.29, 1.82) is 0 Å². The number of likely N-dealkylation sites (tertiary alicyclic amines) is 2. The highest BCUT2D eigenvalue weighted by Gasteiger charge is 2.42. The number of aromatic nitrogens is 4. The number of aryl methyl sites for hydroxylation is 1. The second-order valence-corrected chi connectivity index (χ2v) is 6.89. The first-order valence-electron chi connectivity index (χ1n) is 8.49. The number of β-amino-alcohol motifs (C(OH)–C–C–N with tert-alkyl or cyclic N) is 1. The summed E-state index contributed by atoms with van der Waals surface area (Å²) in [6.45, 7) is 7.10. The maximum atomic E-state index is 12.5. The zero-order chi connectivity index (χ0) is 16.3. The van der Waals surface area contributed by atoms with Gasteiger partial charge in [-0.25, -0.2) is 4.68 Å². The Hall–Kier alpha value is -1.54. The van der Waals surface area contributed by atoms with Gasteiger partial charge in [-0.2, -0.15) is 0 Å². The van der Waals surface area contributed by atoms with E-state index in [4.69, 9.17) is 0 Å². The molecule has 3 heterocycles. The van der Waals surface area contributed by atoms with Crippen molar-refractivity contribution in [2.24, 2.45) is 5.41 Å². The van der Waals surface area contributed by atoms with Gasteiger partial charge >= 0.3 is 0 Å². The molecule has 1 unspecified atom stereocenters. The predicted octanol–water partition coefficient (Wildman–Crippen LogP) is -0.241. The Morgan fingerprint density at radius 2 is 2.17 bits per heavy atom. The highest BCUT2D eigenvalue weighted by Crippen LogP contribution is 2.40. The number of aliphatic hydroxyl groups is 1. The molecule has 1 spiro atoms. The van der Waals surface area contributed by atoms with Crippen molar-refractivity contribution in [3.63, 3.8) is 0 Å². The summed E-state index contributed by atoms with van der Waals surface area (Å²) in [4.78, 5) is 16.8. The summed E-state index contributed by atoms with van der Waals surface area (Å²) in [5.74, 6) is 0.0801. The third-order valence-electron chi connectivity index (χ3n) is 5.29. The number of hydrogen-bond acceptors (Lipinski definition) is 6. The quantitative estimate of drug-likeness (QED) is 0.823. The minimum Gasteiger partial charge on any atom is -0.391 e. The highest BCUT2D eigenvalue weighted by atomic mass is 16.3. The van der Waals surface area contributed by atoms with Gasteiger partial charge in [-0.05, 0) is 54.7 Å². The van der Waals surface area contributed by atoms with Crippen molar-refractivity contribution < 1.29 is 9.90 Å². The van der Waals surface area contributed by atoms with E-state index < -0.39 is 6.10 Å². The van der Waals surface area contributed by atoms with E-state index in [1.165, 1.54) is 6.33 Å². The number of carbonyl (C=O) groups excluding carboxylic acids is 1. The van der Waals surface area contributed by atoms with Crippen LogP contribution in [0.25, 0.3) is 0 Å². The van der Waals surface area contributed by atoms with Gasteiger partial charge in [0.15, 0.2) is 0 Å². The van der Waals surface area contributed by atoms with Crippen LogP contribution in [-0.4, -0.2) is 79.8 Å². The molecule has 8 nitrogen and oxygen atoms in total. The van der Waals surface area contributed by atoms with Gasteiger partial charge in [0.2, 0.25) is 5.91 Å². The summed E-state index contributed by atoms with van der Waals surface area (Å²) in [6, 6.07) is 0. The maximum Gasteiger partial charge on any atom is 0.224 e. The number of carbonyl (C=O) groups is 1. The lowest BCUT2D eigenvalue weighted by Crippen LogP contribution is -2.55. The van der Waals surface area contributed by atoms with Crippen molar-refractivity contribution in [2.75, 3.05) is 32.7 Å². The van der Waals surface area contributed by atoms with Crippen LogP contribution < -0.4 is 0 Å². The van der Waals surface area contributed by atoms with Gasteiger partial charge in [-0.3, -0.25) is 4.79 Å². The molecular formula is C15H26N6O2. The van der Waals surface area contributed by atoms with Crippen molar-refractivity contribution in [2.45, 2.75) is 45.3 Å². The molecule has 0 saturated carbocycles. The summed E-state index contributed by atoms with van der Waals surface area (Å²) >= 11 is 0. The number of piperidine rings is 2. The van der Waals surface area contributed by atoms with E-state index in [2.05, 4.69) is 27.3 Å². The van der Waals surface area contributed by atoms with Gasteiger partial charge in [0.05, 0.1) is 12.6 Å². The Kier molecular flexibility index (Phi) is 4.91. The van der Waals surface area contributed by atoms with Crippen molar-refractivity contribution in [1.82, 2.24) is 30.0 Å². The smallest absolute Gasteiger partial charge is 0.224 e. The third-order valence-corrected chi connectivity index (χ3v) is 5.29. The summed E-state index contributed by atoms with van der Waals surface area (Å²) in [6.07, 6.45) is 4.42. The molecule has 23 heavy (non-hydrogen) atoms. The number of amides is 1. The largest absolute Gasteiger partial charge is 0.391 e. The fourth-order valence-corrected chi connectivity index (χ4v) is 3.90. The molecule has 0 aliphatic carbocycles. The molecule has 1 amide bonds. The molecule has 2 saturated heterocycles. The van der Waals surface area contributed by atoms with Gasteiger partial charge in [0.25, 0.3) is 0 Å². The van der Waals surface area contributed by atoms with Gasteiger partial charge in [0.1, 0.15) is 6.33 Å². The normalized spacial score (nSPS) is 25.0. The van der Waals surface area contributed by atoms with E-state index >= 15 is 0 Å². The number of aliphatic hydroxyl groups excluding tert-OH is 1. The fraction of sp³-hybridized carbons (Fsp3) is 0.867. The molecular weight excluding hydrogens is 296 g/mol. The molecule has 2 fully saturated rings. The van der Waals surface area contributed by atoms with E-state index in [0.29, 0.717) is 19.5 Å². The van der Waals surface area contributed by atoms with Crippen LogP contribution in [0.5, 0.6) is 0 Å². The van der Waals surface area contributed by atoms with Crippen molar-refractivity contribution in [3.8, 4) is 0 Å². The molecule has 8 heteroatoms. The first kappa shape index (κ1) is 16.3. The molecule has 1 aromatic heterocycles. The minimum absolute atomic E-state index is 0.0801. The monoisotopic (exact) mass is 322 g/mol. The topological polar surface area (TPSA) is 87.4 Å². The van der Waals surface area contributed by atoms with Crippen molar-refractivity contribution in [3.05, 3.63) is 6.33 Å². The third kappa shape index (κ3) is 3.87. The van der Waals surface area contributed by atoms with E-state index in [-0.39, 0.29) is 11.3 Å². The molecule has 2 aliphatic rings. The highest BCUT2D eigenvalue weighted by molar-refractivity contribution is 5.76. The average Bonchev–Trinajstić information content (AvgIpc) is 3.06. The predicted molar refractivity (Wildman–Crippen MR) is 83.4 cm³/mol. The van der Waals surface area contributed by atoms with Crippen LogP contribution in [-0.2, 0) is 11.3 Å². The zero-order valence-corrected chi connectivity index (χ0v) is 13.8. The Balaban J connectivity index is 1.58. The van der Waals surface area contributed by atoms with Gasteiger partial charge in [0, 0.05) is 19.5 Å². The number of hydrogen-bond donors (Lipinski definition) is 1. The summed E-state index contributed by atoms with van der Waals surface area (Å²) in [7, 11) is 0. The SMILES string of the molecule is CCN1CCC2(CC1)CC(O)CN(C(=O)CCn1cnnn1)C2. The van der Waals surface area contributed by atoms with E-state index in [1.807, 2.05) is 4.90 Å². The van der Waals surface area contributed by atoms with E-state index in [9.17, 15) is 9.90 Å². The second-order valence-electron chi connectivity index (χ2n) is 6.89. The fourth-order valence-electron chi connectivity index (χ4n) is 3.90.